The fourth-order valence-electron chi connectivity index (χ4n) is 3.44. The van der Waals surface area contributed by atoms with Crippen molar-refractivity contribution in [3.63, 3.8) is 0 Å². The van der Waals surface area contributed by atoms with Gasteiger partial charge in [0.1, 0.15) is 12.7 Å². The summed E-state index contributed by atoms with van der Waals surface area (Å²) in [6.07, 6.45) is -4.52. The molecule has 1 saturated carbocycles. The normalized spacial score (nSPS) is 33.0. The number of amides is 1. The molecule has 0 bridgehead atoms. The third-order valence-electron chi connectivity index (χ3n) is 4.32. The summed E-state index contributed by atoms with van der Waals surface area (Å²) in [5.41, 5.74) is -1.36. The smallest absolute Gasteiger partial charge is 0.303 e. The maximum Gasteiger partial charge on any atom is 0.303 e. The summed E-state index contributed by atoms with van der Waals surface area (Å²) in [7, 11) is 0. The maximum atomic E-state index is 11.7. The minimum atomic E-state index is -1.36. The van der Waals surface area contributed by atoms with Gasteiger partial charge in [-0.1, -0.05) is 0 Å². The molecule has 0 aromatic carbocycles. The Morgan fingerprint density at radius 1 is 0.821 bits per heavy atom. The topological polar surface area (TPSA) is 147 Å². The number of hydrogen-bond donors (Lipinski definition) is 1. The van der Waals surface area contributed by atoms with Gasteiger partial charge >= 0.3 is 23.9 Å². The lowest BCUT2D eigenvalue weighted by atomic mass is 9.79. The molecule has 11 nitrogen and oxygen atoms in total. The second kappa shape index (κ2) is 8.13. The molecular weight excluding hydrogens is 378 g/mol. The van der Waals surface area contributed by atoms with Crippen LogP contribution in [0.5, 0.6) is 0 Å². The Bertz CT molecular complexity index is 691. The second-order valence-electron chi connectivity index (χ2n) is 6.68. The summed E-state index contributed by atoms with van der Waals surface area (Å²) in [6, 6.07) is -0.923. The molecular formula is C17H23NO10. The molecule has 1 aliphatic carbocycles. The van der Waals surface area contributed by atoms with E-state index < -0.39 is 65.8 Å². The van der Waals surface area contributed by atoms with Crippen LogP contribution in [0.2, 0.25) is 0 Å². The summed E-state index contributed by atoms with van der Waals surface area (Å²) in [4.78, 5) is 58.0. The van der Waals surface area contributed by atoms with E-state index in [-0.39, 0.29) is 6.61 Å². The summed E-state index contributed by atoms with van der Waals surface area (Å²) in [5.74, 6) is -3.20. The quantitative estimate of drug-likeness (QED) is 0.334. The summed E-state index contributed by atoms with van der Waals surface area (Å²) >= 11 is 0. The largest absolute Gasteiger partial charge is 0.463 e. The zero-order valence-electron chi connectivity index (χ0n) is 16.2. The lowest BCUT2D eigenvalue weighted by Crippen LogP contribution is -2.67. The summed E-state index contributed by atoms with van der Waals surface area (Å²) in [5, 5.41) is 2.60. The average Bonchev–Trinajstić information content (AvgIpc) is 3.26. The molecule has 0 aromatic heterocycles. The summed E-state index contributed by atoms with van der Waals surface area (Å²) in [6.45, 7) is 5.54. The van der Waals surface area contributed by atoms with Gasteiger partial charge in [-0.2, -0.15) is 0 Å². The highest BCUT2D eigenvalue weighted by molar-refractivity contribution is 5.74. The minimum Gasteiger partial charge on any atom is -0.463 e. The standard InChI is InChI=1S/C17H23NO10/c1-7(19)18-12-13(25-9(3)21)14(26-10(4)22)16(27-11(5)23)17(15(12)28-17)6-24-8(2)20/h12-16H,6H2,1-5H3,(H,18,19)/t12-,13+,14-,15-,16+,17-/m1/s1. The molecule has 2 rings (SSSR count). The first-order valence-electron chi connectivity index (χ1n) is 8.58. The first-order valence-corrected chi connectivity index (χ1v) is 8.58. The van der Waals surface area contributed by atoms with Gasteiger partial charge in [0.2, 0.25) is 5.91 Å². The van der Waals surface area contributed by atoms with Crippen molar-refractivity contribution < 1.29 is 47.7 Å². The molecule has 28 heavy (non-hydrogen) atoms. The molecule has 1 aliphatic heterocycles. The lowest BCUT2D eigenvalue weighted by molar-refractivity contribution is -0.198. The van der Waals surface area contributed by atoms with Gasteiger partial charge in [0.05, 0.1) is 6.04 Å². The van der Waals surface area contributed by atoms with Crippen molar-refractivity contribution in [1.82, 2.24) is 5.32 Å². The Hall–Kier alpha value is -2.69. The van der Waals surface area contributed by atoms with Crippen LogP contribution in [-0.4, -0.2) is 72.5 Å². The van der Waals surface area contributed by atoms with Gasteiger partial charge in [0, 0.05) is 34.6 Å². The van der Waals surface area contributed by atoms with Gasteiger partial charge in [-0.3, -0.25) is 24.0 Å². The van der Waals surface area contributed by atoms with E-state index in [0.717, 1.165) is 20.8 Å². The van der Waals surface area contributed by atoms with Crippen molar-refractivity contribution in [3.8, 4) is 0 Å². The molecule has 2 fully saturated rings. The van der Waals surface area contributed by atoms with Crippen molar-refractivity contribution in [2.24, 2.45) is 0 Å². The number of rotatable bonds is 6. The van der Waals surface area contributed by atoms with E-state index in [2.05, 4.69) is 5.32 Å². The van der Waals surface area contributed by atoms with Crippen LogP contribution in [0.3, 0.4) is 0 Å². The van der Waals surface area contributed by atoms with Crippen LogP contribution in [0.1, 0.15) is 34.6 Å². The third kappa shape index (κ3) is 4.58. The SMILES string of the molecule is CC(=O)N[C@@H]1[C@H](OC(C)=O)[C@@H](OC(C)=O)[C@H](OC(C)=O)[C@]2(COC(C)=O)O[C@H]12. The van der Waals surface area contributed by atoms with E-state index in [1.165, 1.54) is 13.8 Å². The van der Waals surface area contributed by atoms with Crippen LogP contribution in [0.15, 0.2) is 0 Å². The van der Waals surface area contributed by atoms with E-state index >= 15 is 0 Å². The van der Waals surface area contributed by atoms with Crippen molar-refractivity contribution in [2.75, 3.05) is 6.61 Å². The maximum absolute atomic E-state index is 11.7. The number of epoxide rings is 1. The van der Waals surface area contributed by atoms with Crippen LogP contribution in [0.25, 0.3) is 0 Å². The molecule has 1 N–H and O–H groups in total. The van der Waals surface area contributed by atoms with Crippen molar-refractivity contribution in [1.29, 1.82) is 0 Å². The highest BCUT2D eigenvalue weighted by atomic mass is 16.7. The first-order chi connectivity index (χ1) is 13.0. The Morgan fingerprint density at radius 2 is 1.36 bits per heavy atom. The minimum absolute atomic E-state index is 0.314. The molecule has 11 heteroatoms. The average molecular weight is 401 g/mol. The van der Waals surface area contributed by atoms with Gasteiger partial charge < -0.3 is 29.0 Å². The molecule has 1 amide bonds. The molecule has 0 radical (unpaired) electrons. The van der Waals surface area contributed by atoms with Crippen molar-refractivity contribution in [3.05, 3.63) is 0 Å². The van der Waals surface area contributed by atoms with Crippen molar-refractivity contribution >= 4 is 29.8 Å². The van der Waals surface area contributed by atoms with E-state index in [9.17, 15) is 24.0 Å². The van der Waals surface area contributed by atoms with E-state index in [1.54, 1.807) is 0 Å². The van der Waals surface area contributed by atoms with Crippen LogP contribution < -0.4 is 5.32 Å². The number of hydrogen-bond acceptors (Lipinski definition) is 10. The highest BCUT2D eigenvalue weighted by Crippen LogP contribution is 2.51. The molecule has 1 saturated heterocycles. The molecule has 6 atom stereocenters. The first kappa shape index (κ1) is 21.6. The van der Waals surface area contributed by atoms with Gasteiger partial charge in [-0.15, -0.1) is 0 Å². The van der Waals surface area contributed by atoms with E-state index in [1.807, 2.05) is 0 Å². The fourth-order valence-corrected chi connectivity index (χ4v) is 3.44. The van der Waals surface area contributed by atoms with Crippen LogP contribution in [-0.2, 0) is 47.7 Å². The van der Waals surface area contributed by atoms with Crippen LogP contribution >= 0.6 is 0 Å². The number of nitrogens with one attached hydrogen (secondary N) is 1. The highest BCUT2D eigenvalue weighted by Gasteiger charge is 2.76. The van der Waals surface area contributed by atoms with Crippen molar-refractivity contribution in [2.45, 2.75) is 70.7 Å². The Balaban J connectivity index is 2.48. The van der Waals surface area contributed by atoms with Gasteiger partial charge in [0.25, 0.3) is 0 Å². The predicted molar refractivity (Wildman–Crippen MR) is 88.5 cm³/mol. The summed E-state index contributed by atoms with van der Waals surface area (Å²) < 4.78 is 26.7. The van der Waals surface area contributed by atoms with Crippen LogP contribution in [0, 0.1) is 0 Å². The number of esters is 4. The van der Waals surface area contributed by atoms with Gasteiger partial charge in [-0.05, 0) is 0 Å². The predicted octanol–water partition coefficient (Wildman–Crippen LogP) is -0.999. The van der Waals surface area contributed by atoms with E-state index in [4.69, 9.17) is 23.7 Å². The number of ether oxygens (including phenoxy) is 5. The third-order valence-corrected chi connectivity index (χ3v) is 4.32. The Labute approximate surface area is 160 Å². The zero-order chi connectivity index (χ0) is 21.2. The molecule has 0 spiro atoms. The number of fused-ring (bicyclic) bond motifs is 1. The Kier molecular flexibility index (Phi) is 6.27. The fraction of sp³-hybridized carbons (Fsp3) is 0.706. The molecule has 2 aliphatic rings. The lowest BCUT2D eigenvalue weighted by Gasteiger charge is -2.41. The van der Waals surface area contributed by atoms with E-state index in [0.29, 0.717) is 0 Å². The van der Waals surface area contributed by atoms with Gasteiger partial charge in [-0.25, -0.2) is 0 Å². The molecule has 1 heterocycles. The Morgan fingerprint density at radius 3 is 1.82 bits per heavy atom. The van der Waals surface area contributed by atoms with Crippen LogP contribution in [0.4, 0.5) is 0 Å². The molecule has 0 unspecified atom stereocenters. The molecule has 0 aromatic rings. The zero-order valence-corrected chi connectivity index (χ0v) is 16.2. The monoisotopic (exact) mass is 401 g/mol. The number of carbonyl (C=O) groups excluding carboxylic acids is 5. The second-order valence-corrected chi connectivity index (χ2v) is 6.68. The number of carbonyl (C=O) groups is 5. The molecule has 156 valence electrons. The van der Waals surface area contributed by atoms with Gasteiger partial charge in [0.15, 0.2) is 23.9 Å².